The molecule has 4 atom stereocenters. The fourth-order valence-electron chi connectivity index (χ4n) is 9.07. The van der Waals surface area contributed by atoms with Gasteiger partial charge < -0.3 is 20.4 Å². The second-order valence-electron chi connectivity index (χ2n) is 18.5. The highest BCUT2D eigenvalue weighted by Gasteiger charge is 2.50. The molecule has 0 bridgehead atoms. The lowest BCUT2D eigenvalue weighted by Crippen LogP contribution is -2.45. The molecule has 3 aromatic rings. The second-order valence-corrected chi connectivity index (χ2v) is 22.0. The number of nitrogens with zero attached hydrogens (tertiary/aromatic N) is 2. The number of benzene rings is 3. The smallest absolute Gasteiger partial charge is 0.244 e. The van der Waals surface area contributed by atoms with Gasteiger partial charge in [-0.15, -0.1) is 0 Å². The van der Waals surface area contributed by atoms with Crippen LogP contribution in [0, 0.1) is 0 Å². The second kappa shape index (κ2) is 17.7. The summed E-state index contributed by atoms with van der Waals surface area (Å²) in [6.07, 6.45) is -2.84. The first-order chi connectivity index (χ1) is 26.9. The Balaban J connectivity index is 1.68. The van der Waals surface area contributed by atoms with Crippen LogP contribution in [0.2, 0.25) is 0 Å². The van der Waals surface area contributed by atoms with Crippen molar-refractivity contribution in [2.24, 2.45) is 0 Å². The summed E-state index contributed by atoms with van der Waals surface area (Å²) in [5.41, 5.74) is 6.00. The average Bonchev–Trinajstić information content (AvgIpc) is 3.81. The minimum Gasteiger partial charge on any atom is -0.367 e. The molecule has 2 fully saturated rings. The van der Waals surface area contributed by atoms with Gasteiger partial charge in [-0.2, -0.15) is 8.61 Å². The van der Waals surface area contributed by atoms with Crippen molar-refractivity contribution in [3.05, 3.63) is 93.0 Å². The summed E-state index contributed by atoms with van der Waals surface area (Å²) in [5, 5.41) is 42.8. The van der Waals surface area contributed by atoms with Gasteiger partial charge in [-0.3, -0.25) is 0 Å². The molecule has 5 rings (SSSR count). The zero-order valence-corrected chi connectivity index (χ0v) is 38.1. The van der Waals surface area contributed by atoms with Gasteiger partial charge in [0.1, 0.15) is 0 Å². The van der Waals surface area contributed by atoms with Gasteiger partial charge in [0.25, 0.3) is 0 Å². The van der Waals surface area contributed by atoms with Crippen LogP contribution in [0.4, 0.5) is 0 Å². The molecule has 10 nitrogen and oxygen atoms in total. The largest absolute Gasteiger partial charge is 0.367 e. The van der Waals surface area contributed by atoms with E-state index < -0.39 is 56.8 Å². The fourth-order valence-corrected chi connectivity index (χ4v) is 14.1. The van der Waals surface area contributed by atoms with Gasteiger partial charge in [0.2, 0.25) is 20.0 Å². The van der Waals surface area contributed by atoms with E-state index in [4.69, 9.17) is 0 Å². The molecule has 1 unspecified atom stereocenters. The third kappa shape index (κ3) is 8.73. The van der Waals surface area contributed by atoms with E-state index in [1.807, 2.05) is 97.9 Å². The number of rotatable bonds is 14. The molecule has 58 heavy (non-hydrogen) atoms. The van der Waals surface area contributed by atoms with Crippen molar-refractivity contribution in [1.29, 1.82) is 0 Å². The number of sulfonamides is 2. The van der Waals surface area contributed by atoms with E-state index in [1.165, 1.54) is 8.61 Å². The lowest BCUT2D eigenvalue weighted by atomic mass is 9.89. The molecule has 4 N–H and O–H groups in total. The van der Waals surface area contributed by atoms with Crippen LogP contribution in [0.5, 0.6) is 0 Å². The van der Waals surface area contributed by atoms with E-state index in [9.17, 15) is 20.4 Å². The predicted octanol–water partition coefficient (Wildman–Crippen LogP) is 8.84. The lowest BCUT2D eigenvalue weighted by molar-refractivity contribution is -0.0798. The van der Waals surface area contributed by atoms with Crippen molar-refractivity contribution >= 4 is 20.0 Å². The van der Waals surface area contributed by atoms with Crippen LogP contribution < -0.4 is 0 Å². The Morgan fingerprint density at radius 3 is 1.00 bits per heavy atom. The van der Waals surface area contributed by atoms with Gasteiger partial charge in [0.15, 0.2) is 12.6 Å². The van der Waals surface area contributed by atoms with Crippen LogP contribution in [-0.4, -0.2) is 70.5 Å². The molecule has 0 aromatic heterocycles. The Morgan fingerprint density at radius 2 is 0.759 bits per heavy atom. The Kier molecular flexibility index (Phi) is 14.2. The van der Waals surface area contributed by atoms with Crippen LogP contribution in [-0.2, 0) is 20.0 Å². The molecule has 3 aromatic carbocycles. The predicted molar refractivity (Wildman–Crippen MR) is 230 cm³/mol. The monoisotopic (exact) mass is 840 g/mol. The van der Waals surface area contributed by atoms with E-state index in [1.54, 1.807) is 6.07 Å². The molecule has 322 valence electrons. The van der Waals surface area contributed by atoms with Crippen LogP contribution in [0.1, 0.15) is 201 Å². The van der Waals surface area contributed by atoms with Crippen molar-refractivity contribution < 1.29 is 37.3 Å². The van der Waals surface area contributed by atoms with Crippen molar-refractivity contribution in [3.8, 4) is 0 Å². The SMILES string of the molecule is CC(C)c1cc(C(C)C)c(S(=O)(=O)N2C(C(O)O)CC[C@@H]2c2cccc([C@H]3CC[C@@H](C(O)O)N3S(=O)(=O)c3c(C(C)C)cc(C(C)C)cc3C(C)C)c2)c(C(C)C)c1. The van der Waals surface area contributed by atoms with E-state index in [-0.39, 0.29) is 58.1 Å². The minimum absolute atomic E-state index is 0.137. The van der Waals surface area contributed by atoms with E-state index in [0.29, 0.717) is 46.2 Å². The molecule has 2 saturated heterocycles. The van der Waals surface area contributed by atoms with E-state index in [0.717, 1.165) is 11.1 Å². The first kappa shape index (κ1) is 46.4. The van der Waals surface area contributed by atoms with Crippen LogP contribution in [0.3, 0.4) is 0 Å². The topological polar surface area (TPSA) is 156 Å². The van der Waals surface area contributed by atoms with Crippen molar-refractivity contribution in [3.63, 3.8) is 0 Å². The fraction of sp³-hybridized carbons (Fsp3) is 0.609. The molecule has 12 heteroatoms. The van der Waals surface area contributed by atoms with E-state index in [2.05, 4.69) is 27.7 Å². The molecule has 0 spiro atoms. The van der Waals surface area contributed by atoms with Crippen molar-refractivity contribution in [1.82, 2.24) is 8.61 Å². The van der Waals surface area contributed by atoms with E-state index >= 15 is 16.8 Å². The summed E-state index contributed by atoms with van der Waals surface area (Å²) in [5.74, 6) is -0.215. The Labute approximate surface area is 348 Å². The molecule has 2 aliphatic rings. The zero-order valence-electron chi connectivity index (χ0n) is 36.5. The molecule has 2 heterocycles. The maximum atomic E-state index is 15.3. The third-order valence-electron chi connectivity index (χ3n) is 12.3. The first-order valence-corrected chi connectivity index (χ1v) is 24.1. The molecular weight excluding hydrogens is 773 g/mol. The number of aliphatic hydroxyl groups excluding tert-OH is 2. The normalized spacial score (nSPS) is 21.5. The Bertz CT molecular complexity index is 1950. The summed E-state index contributed by atoms with van der Waals surface area (Å²) >= 11 is 0. The minimum atomic E-state index is -4.34. The number of hydrogen-bond acceptors (Lipinski definition) is 8. The standard InChI is InChI=1S/C46H68N2O8S2/c1-25(2)33-21-35(27(5)6)43(36(22-33)28(7)8)57(53,54)47-39(16-18-41(47)45(49)50)31-14-13-15-32(20-31)40-17-19-42(46(51)52)48(40)58(55,56)44-37(29(9)10)23-34(26(3)4)24-38(44)30(11)12/h13-15,20-30,39-42,45-46,49-52H,16-19H2,1-12H3/t39-,40-,41+,42?/m1/s1. The quantitative estimate of drug-likeness (QED) is 0.117. The van der Waals surface area contributed by atoms with Gasteiger partial charge in [-0.1, -0.05) is 132 Å². The van der Waals surface area contributed by atoms with Crippen LogP contribution in [0.25, 0.3) is 0 Å². The first-order valence-electron chi connectivity index (χ1n) is 21.2. The molecule has 0 amide bonds. The van der Waals surface area contributed by atoms with Gasteiger partial charge in [0, 0.05) is 0 Å². The highest BCUT2D eigenvalue weighted by atomic mass is 32.2. The number of aliphatic hydroxyl groups is 4. The van der Waals surface area contributed by atoms with Crippen molar-refractivity contribution in [2.75, 3.05) is 0 Å². The van der Waals surface area contributed by atoms with Gasteiger partial charge in [-0.05, 0) is 106 Å². The zero-order chi connectivity index (χ0) is 43.3. The van der Waals surface area contributed by atoms with Crippen LogP contribution in [0.15, 0.2) is 58.3 Å². The summed E-state index contributed by atoms with van der Waals surface area (Å²) in [6, 6.07) is 11.3. The average molecular weight is 841 g/mol. The third-order valence-corrected chi connectivity index (χ3v) is 16.5. The number of hydrogen-bond donors (Lipinski definition) is 4. The molecule has 0 radical (unpaired) electrons. The van der Waals surface area contributed by atoms with Crippen molar-refractivity contribution in [2.45, 2.75) is 191 Å². The lowest BCUT2D eigenvalue weighted by Gasteiger charge is -2.35. The Hall–Kier alpha value is -2.68. The maximum absolute atomic E-state index is 15.3. The summed E-state index contributed by atoms with van der Waals surface area (Å²) in [6.45, 7) is 24.1. The maximum Gasteiger partial charge on any atom is 0.244 e. The molecular formula is C46H68N2O8S2. The summed E-state index contributed by atoms with van der Waals surface area (Å²) < 4.78 is 63.6. The molecule has 2 aliphatic heterocycles. The summed E-state index contributed by atoms with van der Waals surface area (Å²) in [7, 11) is -8.68. The van der Waals surface area contributed by atoms with Gasteiger partial charge >= 0.3 is 0 Å². The highest BCUT2D eigenvalue weighted by Crippen LogP contribution is 2.48. The van der Waals surface area contributed by atoms with Crippen LogP contribution >= 0.6 is 0 Å². The molecule has 0 saturated carbocycles. The van der Waals surface area contributed by atoms with Gasteiger partial charge in [0.05, 0.1) is 34.0 Å². The summed E-state index contributed by atoms with van der Waals surface area (Å²) in [4.78, 5) is 0.405. The Morgan fingerprint density at radius 1 is 0.466 bits per heavy atom. The van der Waals surface area contributed by atoms with Gasteiger partial charge in [-0.25, -0.2) is 16.8 Å². The highest BCUT2D eigenvalue weighted by molar-refractivity contribution is 7.89. The molecule has 0 aliphatic carbocycles.